The number of carbonyl (C=O) groups excluding carboxylic acids is 1. The Morgan fingerprint density at radius 1 is 1.41 bits per heavy atom. The first-order chi connectivity index (χ1) is 7.95. The number of benzene rings is 1. The second-order valence-electron chi connectivity index (χ2n) is 4.57. The predicted octanol–water partition coefficient (Wildman–Crippen LogP) is 4.02. The zero-order valence-corrected chi connectivity index (χ0v) is 12.5. The number of nitrogens with zero attached hydrogens (tertiary/aromatic N) is 1. The first-order valence-corrected chi connectivity index (χ1v) is 6.79. The maximum absolute atomic E-state index is 12.3. The van der Waals surface area contributed by atoms with Gasteiger partial charge in [0, 0.05) is 23.1 Å². The minimum atomic E-state index is 0.0929. The first kappa shape index (κ1) is 14.2. The molecule has 3 heteroatoms. The fourth-order valence-corrected chi connectivity index (χ4v) is 2.48. The van der Waals surface area contributed by atoms with Gasteiger partial charge in [-0.2, -0.15) is 0 Å². The van der Waals surface area contributed by atoms with Crippen molar-refractivity contribution in [1.29, 1.82) is 0 Å². The van der Waals surface area contributed by atoms with Gasteiger partial charge in [0.15, 0.2) is 0 Å². The summed E-state index contributed by atoms with van der Waals surface area (Å²) in [6.45, 7) is 6.22. The first-order valence-electron chi connectivity index (χ1n) is 6.00. The summed E-state index contributed by atoms with van der Waals surface area (Å²) in [6.07, 6.45) is 2.13. The number of hydrogen-bond acceptors (Lipinski definition) is 1. The van der Waals surface area contributed by atoms with Gasteiger partial charge in [-0.3, -0.25) is 4.79 Å². The van der Waals surface area contributed by atoms with E-state index < -0.39 is 0 Å². The van der Waals surface area contributed by atoms with Gasteiger partial charge in [0.1, 0.15) is 0 Å². The molecule has 0 saturated heterocycles. The highest BCUT2D eigenvalue weighted by molar-refractivity contribution is 9.10. The van der Waals surface area contributed by atoms with Crippen LogP contribution in [0.2, 0.25) is 0 Å². The third kappa shape index (κ3) is 3.84. The molecule has 17 heavy (non-hydrogen) atoms. The fourth-order valence-electron chi connectivity index (χ4n) is 1.88. The van der Waals surface area contributed by atoms with Crippen LogP contribution in [0.15, 0.2) is 22.7 Å². The summed E-state index contributed by atoms with van der Waals surface area (Å²) in [7, 11) is 1.87. The van der Waals surface area contributed by atoms with E-state index >= 15 is 0 Å². The van der Waals surface area contributed by atoms with Crippen molar-refractivity contribution in [3.63, 3.8) is 0 Å². The van der Waals surface area contributed by atoms with Crippen LogP contribution in [0.4, 0.5) is 0 Å². The van der Waals surface area contributed by atoms with Crippen molar-refractivity contribution >= 4 is 21.8 Å². The zero-order valence-electron chi connectivity index (χ0n) is 11.0. The molecule has 0 aliphatic rings. The van der Waals surface area contributed by atoms with Crippen molar-refractivity contribution in [2.24, 2.45) is 0 Å². The maximum Gasteiger partial charge on any atom is 0.253 e. The Hall–Kier alpha value is -0.830. The van der Waals surface area contributed by atoms with Crippen LogP contribution in [-0.4, -0.2) is 23.9 Å². The highest BCUT2D eigenvalue weighted by Gasteiger charge is 2.17. The van der Waals surface area contributed by atoms with Crippen LogP contribution in [-0.2, 0) is 0 Å². The number of amides is 1. The smallest absolute Gasteiger partial charge is 0.253 e. The van der Waals surface area contributed by atoms with Gasteiger partial charge >= 0.3 is 0 Å². The maximum atomic E-state index is 12.3. The van der Waals surface area contributed by atoms with Gasteiger partial charge in [0.25, 0.3) is 5.91 Å². The van der Waals surface area contributed by atoms with E-state index in [1.165, 1.54) is 0 Å². The summed E-state index contributed by atoms with van der Waals surface area (Å²) in [6, 6.07) is 6.10. The average Bonchev–Trinajstić information content (AvgIpc) is 2.26. The van der Waals surface area contributed by atoms with E-state index in [0.29, 0.717) is 0 Å². The van der Waals surface area contributed by atoms with Crippen molar-refractivity contribution in [3.8, 4) is 0 Å². The monoisotopic (exact) mass is 297 g/mol. The summed E-state index contributed by atoms with van der Waals surface area (Å²) >= 11 is 3.43. The minimum Gasteiger partial charge on any atom is -0.339 e. The molecule has 0 heterocycles. The molecule has 0 spiro atoms. The van der Waals surface area contributed by atoms with Crippen molar-refractivity contribution in [2.45, 2.75) is 39.7 Å². The van der Waals surface area contributed by atoms with E-state index in [-0.39, 0.29) is 11.9 Å². The fraction of sp³-hybridized carbons (Fsp3) is 0.500. The Morgan fingerprint density at radius 2 is 2.06 bits per heavy atom. The average molecular weight is 298 g/mol. The summed E-state index contributed by atoms with van der Waals surface area (Å²) < 4.78 is 0.956. The predicted molar refractivity (Wildman–Crippen MR) is 75.3 cm³/mol. The summed E-state index contributed by atoms with van der Waals surface area (Å²) in [5, 5.41) is 0. The molecule has 0 bridgehead atoms. The van der Waals surface area contributed by atoms with E-state index in [9.17, 15) is 4.79 Å². The van der Waals surface area contributed by atoms with Gasteiger partial charge in [0.05, 0.1) is 0 Å². The number of aryl methyl sites for hydroxylation is 1. The summed E-state index contributed by atoms with van der Waals surface area (Å²) in [5.41, 5.74) is 1.85. The van der Waals surface area contributed by atoms with Crippen molar-refractivity contribution in [1.82, 2.24) is 4.90 Å². The quantitative estimate of drug-likeness (QED) is 0.822. The largest absolute Gasteiger partial charge is 0.339 e. The number of halogens is 1. The minimum absolute atomic E-state index is 0.0929. The molecule has 0 radical (unpaired) electrons. The van der Waals surface area contributed by atoms with Gasteiger partial charge in [-0.15, -0.1) is 0 Å². The lowest BCUT2D eigenvalue weighted by atomic mass is 10.1. The normalized spacial score (nSPS) is 12.3. The standard InChI is InChI=1S/C14H20BrNO/c1-5-6-11(3)16(4)14(17)12-7-10(2)8-13(15)9-12/h7-9,11H,5-6H2,1-4H3. The SMILES string of the molecule is CCCC(C)N(C)C(=O)c1cc(C)cc(Br)c1. The summed E-state index contributed by atoms with van der Waals surface area (Å²) in [5.74, 6) is 0.0929. The highest BCUT2D eigenvalue weighted by atomic mass is 79.9. The molecule has 0 fully saturated rings. The molecule has 1 atom stereocenters. The molecule has 1 aromatic carbocycles. The Morgan fingerprint density at radius 3 is 2.59 bits per heavy atom. The van der Waals surface area contributed by atoms with Crippen LogP contribution >= 0.6 is 15.9 Å². The second kappa shape index (κ2) is 6.20. The van der Waals surface area contributed by atoms with Crippen LogP contribution in [0.25, 0.3) is 0 Å². The lowest BCUT2D eigenvalue weighted by molar-refractivity contribution is 0.0736. The Kier molecular flexibility index (Phi) is 5.19. The van der Waals surface area contributed by atoms with Gasteiger partial charge in [-0.05, 0) is 44.0 Å². The van der Waals surface area contributed by atoms with E-state index in [2.05, 4.69) is 29.8 Å². The lowest BCUT2D eigenvalue weighted by Gasteiger charge is -2.25. The third-order valence-electron chi connectivity index (χ3n) is 2.98. The Balaban J connectivity index is 2.88. The van der Waals surface area contributed by atoms with E-state index in [0.717, 1.165) is 28.4 Å². The van der Waals surface area contributed by atoms with Crippen molar-refractivity contribution < 1.29 is 4.79 Å². The van der Waals surface area contributed by atoms with Gasteiger partial charge < -0.3 is 4.90 Å². The van der Waals surface area contributed by atoms with Gasteiger partial charge in [-0.25, -0.2) is 0 Å². The molecule has 1 rings (SSSR count). The molecule has 1 unspecified atom stereocenters. The van der Waals surface area contributed by atoms with E-state index in [4.69, 9.17) is 0 Å². The van der Waals surface area contributed by atoms with Crippen molar-refractivity contribution in [3.05, 3.63) is 33.8 Å². The third-order valence-corrected chi connectivity index (χ3v) is 3.43. The molecule has 0 N–H and O–H groups in total. The molecule has 0 aliphatic carbocycles. The van der Waals surface area contributed by atoms with E-state index in [1.807, 2.05) is 37.1 Å². The molecular weight excluding hydrogens is 278 g/mol. The molecule has 1 amide bonds. The van der Waals surface area contributed by atoms with Crippen molar-refractivity contribution in [2.75, 3.05) is 7.05 Å². The van der Waals surface area contributed by atoms with Crippen LogP contribution in [0, 0.1) is 6.92 Å². The summed E-state index contributed by atoms with van der Waals surface area (Å²) in [4.78, 5) is 14.1. The Bertz CT molecular complexity index is 383. The van der Waals surface area contributed by atoms with Gasteiger partial charge in [0.2, 0.25) is 0 Å². The number of rotatable bonds is 4. The molecule has 0 saturated carbocycles. The number of carbonyl (C=O) groups is 1. The van der Waals surface area contributed by atoms with Crippen LogP contribution in [0.5, 0.6) is 0 Å². The molecule has 2 nitrogen and oxygen atoms in total. The molecule has 0 aromatic heterocycles. The molecular formula is C14H20BrNO. The molecule has 1 aromatic rings. The zero-order chi connectivity index (χ0) is 13.0. The van der Waals surface area contributed by atoms with Crippen LogP contribution in [0.1, 0.15) is 42.6 Å². The molecule has 94 valence electrons. The Labute approximate surface area is 112 Å². The second-order valence-corrected chi connectivity index (χ2v) is 5.49. The highest BCUT2D eigenvalue weighted by Crippen LogP contribution is 2.17. The van der Waals surface area contributed by atoms with Crippen LogP contribution < -0.4 is 0 Å². The lowest BCUT2D eigenvalue weighted by Crippen LogP contribution is -2.35. The van der Waals surface area contributed by atoms with Crippen LogP contribution in [0.3, 0.4) is 0 Å². The number of hydrogen-bond donors (Lipinski definition) is 0. The van der Waals surface area contributed by atoms with E-state index in [1.54, 1.807) is 0 Å². The van der Waals surface area contributed by atoms with Gasteiger partial charge in [-0.1, -0.05) is 29.3 Å². The molecule has 0 aliphatic heterocycles. The topological polar surface area (TPSA) is 20.3 Å².